The number of nitrogens with two attached hydrogens (primary N) is 1. The molecule has 2 aromatic rings. The molecule has 1 unspecified atom stereocenters. The van der Waals surface area contributed by atoms with Crippen LogP contribution < -0.4 is 11.3 Å². The van der Waals surface area contributed by atoms with Crippen LogP contribution >= 0.6 is 22.7 Å². The standard InChI is InChI=1S/C10H13N3S2/c11-13-8(6-9-2-1-4-14-9)7-10-12-3-5-15-10/h1-5,8,13H,6-7,11H2. The Balaban J connectivity index is 1.93. The summed E-state index contributed by atoms with van der Waals surface area (Å²) in [5, 5.41) is 5.22. The fraction of sp³-hybridized carbons (Fsp3) is 0.300. The Morgan fingerprint density at radius 1 is 1.33 bits per heavy atom. The zero-order valence-corrected chi connectivity index (χ0v) is 9.85. The molecule has 0 aliphatic heterocycles. The van der Waals surface area contributed by atoms with Crippen molar-refractivity contribution in [2.24, 2.45) is 5.84 Å². The maximum Gasteiger partial charge on any atom is 0.0940 e. The number of rotatable bonds is 5. The summed E-state index contributed by atoms with van der Waals surface area (Å²) in [5.41, 5.74) is 2.85. The molecule has 0 aromatic carbocycles. The molecular formula is C10H13N3S2. The predicted octanol–water partition coefficient (Wildman–Crippen LogP) is 1.82. The fourth-order valence-electron chi connectivity index (χ4n) is 1.43. The first kappa shape index (κ1) is 10.8. The van der Waals surface area contributed by atoms with Crippen molar-refractivity contribution in [1.29, 1.82) is 0 Å². The summed E-state index contributed by atoms with van der Waals surface area (Å²) >= 11 is 3.44. The van der Waals surface area contributed by atoms with Gasteiger partial charge in [0.15, 0.2) is 0 Å². The highest BCUT2D eigenvalue weighted by Gasteiger charge is 2.10. The third-order valence-corrected chi connectivity index (χ3v) is 3.87. The number of hydrogen-bond acceptors (Lipinski definition) is 5. The van der Waals surface area contributed by atoms with E-state index in [1.807, 2.05) is 11.6 Å². The zero-order valence-electron chi connectivity index (χ0n) is 8.22. The number of hydrazine groups is 1. The number of nitrogens with one attached hydrogen (secondary N) is 1. The third-order valence-electron chi connectivity index (χ3n) is 2.17. The van der Waals surface area contributed by atoms with E-state index in [2.05, 4.69) is 27.9 Å². The molecule has 1 atom stereocenters. The second-order valence-corrected chi connectivity index (χ2v) is 5.29. The minimum atomic E-state index is 0.273. The lowest BCUT2D eigenvalue weighted by molar-refractivity contribution is 0.524. The van der Waals surface area contributed by atoms with Crippen molar-refractivity contribution in [3.8, 4) is 0 Å². The van der Waals surface area contributed by atoms with Gasteiger partial charge in [-0.1, -0.05) is 6.07 Å². The largest absolute Gasteiger partial charge is 0.271 e. The quantitative estimate of drug-likeness (QED) is 0.618. The van der Waals surface area contributed by atoms with Crippen LogP contribution in [0.15, 0.2) is 29.1 Å². The number of thiazole rings is 1. The molecule has 5 heteroatoms. The second-order valence-electron chi connectivity index (χ2n) is 3.28. The normalized spacial score (nSPS) is 12.9. The molecule has 80 valence electrons. The molecule has 0 bridgehead atoms. The van der Waals surface area contributed by atoms with Gasteiger partial charge in [-0.15, -0.1) is 22.7 Å². The van der Waals surface area contributed by atoms with Gasteiger partial charge in [-0.3, -0.25) is 11.3 Å². The molecule has 0 fully saturated rings. The van der Waals surface area contributed by atoms with E-state index >= 15 is 0 Å². The molecule has 3 N–H and O–H groups in total. The summed E-state index contributed by atoms with van der Waals surface area (Å²) in [6.07, 6.45) is 3.69. The molecule has 2 aromatic heterocycles. The zero-order chi connectivity index (χ0) is 10.5. The van der Waals surface area contributed by atoms with Gasteiger partial charge in [0.2, 0.25) is 0 Å². The van der Waals surface area contributed by atoms with Crippen molar-refractivity contribution in [3.63, 3.8) is 0 Å². The average molecular weight is 239 g/mol. The van der Waals surface area contributed by atoms with Crippen LogP contribution in [0.5, 0.6) is 0 Å². The van der Waals surface area contributed by atoms with Crippen molar-refractivity contribution >= 4 is 22.7 Å². The van der Waals surface area contributed by atoms with Crippen LogP contribution in [0.1, 0.15) is 9.88 Å². The fourth-order valence-corrected chi connectivity index (χ4v) is 2.91. The van der Waals surface area contributed by atoms with E-state index in [9.17, 15) is 0 Å². The van der Waals surface area contributed by atoms with Gasteiger partial charge in [0, 0.05) is 28.9 Å². The van der Waals surface area contributed by atoms with Crippen molar-refractivity contribution in [2.45, 2.75) is 18.9 Å². The highest BCUT2D eigenvalue weighted by atomic mass is 32.1. The van der Waals surface area contributed by atoms with Gasteiger partial charge in [0.25, 0.3) is 0 Å². The minimum Gasteiger partial charge on any atom is -0.271 e. The summed E-state index contributed by atoms with van der Waals surface area (Å²) in [6.45, 7) is 0. The van der Waals surface area contributed by atoms with E-state index in [0.717, 1.165) is 17.8 Å². The van der Waals surface area contributed by atoms with Crippen LogP contribution in [-0.2, 0) is 12.8 Å². The number of hydrogen-bond donors (Lipinski definition) is 2. The topological polar surface area (TPSA) is 50.9 Å². The van der Waals surface area contributed by atoms with Crippen LogP contribution in [0, 0.1) is 0 Å². The molecule has 0 saturated heterocycles. The first-order valence-electron chi connectivity index (χ1n) is 4.75. The van der Waals surface area contributed by atoms with E-state index in [-0.39, 0.29) is 6.04 Å². The van der Waals surface area contributed by atoms with Crippen molar-refractivity contribution < 1.29 is 0 Å². The lowest BCUT2D eigenvalue weighted by atomic mass is 10.1. The van der Waals surface area contributed by atoms with E-state index in [1.165, 1.54) is 4.88 Å². The molecule has 0 radical (unpaired) electrons. The molecule has 15 heavy (non-hydrogen) atoms. The van der Waals surface area contributed by atoms with Gasteiger partial charge in [-0.25, -0.2) is 4.98 Å². The first-order chi connectivity index (χ1) is 7.38. The number of thiophene rings is 1. The van der Waals surface area contributed by atoms with E-state index in [4.69, 9.17) is 5.84 Å². The van der Waals surface area contributed by atoms with Crippen molar-refractivity contribution in [2.75, 3.05) is 0 Å². The van der Waals surface area contributed by atoms with E-state index < -0.39 is 0 Å². The van der Waals surface area contributed by atoms with Crippen LogP contribution in [0.25, 0.3) is 0 Å². The molecule has 2 rings (SSSR count). The first-order valence-corrected chi connectivity index (χ1v) is 6.51. The second kappa shape index (κ2) is 5.37. The number of nitrogens with zero attached hydrogens (tertiary/aromatic N) is 1. The maximum absolute atomic E-state index is 5.54. The van der Waals surface area contributed by atoms with Crippen LogP contribution in [0.2, 0.25) is 0 Å². The van der Waals surface area contributed by atoms with Gasteiger partial charge >= 0.3 is 0 Å². The minimum absolute atomic E-state index is 0.273. The van der Waals surface area contributed by atoms with Crippen molar-refractivity contribution in [3.05, 3.63) is 39.0 Å². The Bertz CT molecular complexity index is 333. The maximum atomic E-state index is 5.54. The lowest BCUT2D eigenvalue weighted by Crippen LogP contribution is -2.38. The Kier molecular flexibility index (Phi) is 3.85. The molecule has 0 spiro atoms. The summed E-state index contributed by atoms with van der Waals surface area (Å²) in [5.74, 6) is 5.54. The van der Waals surface area contributed by atoms with Crippen LogP contribution in [0.3, 0.4) is 0 Å². The average Bonchev–Trinajstić information content (AvgIpc) is 2.89. The number of aromatic nitrogens is 1. The highest BCUT2D eigenvalue weighted by Crippen LogP contribution is 2.14. The van der Waals surface area contributed by atoms with E-state index in [0.29, 0.717) is 0 Å². The van der Waals surface area contributed by atoms with Gasteiger partial charge in [0.05, 0.1) is 5.01 Å². The summed E-state index contributed by atoms with van der Waals surface area (Å²) in [7, 11) is 0. The Morgan fingerprint density at radius 2 is 2.27 bits per heavy atom. The Labute approximate surface area is 96.9 Å². The van der Waals surface area contributed by atoms with Crippen LogP contribution in [-0.4, -0.2) is 11.0 Å². The Morgan fingerprint density at radius 3 is 2.87 bits per heavy atom. The SMILES string of the molecule is NNC(Cc1cccs1)Cc1nccs1. The molecule has 0 aliphatic rings. The van der Waals surface area contributed by atoms with Gasteiger partial charge in [-0.2, -0.15) is 0 Å². The van der Waals surface area contributed by atoms with E-state index in [1.54, 1.807) is 22.7 Å². The smallest absolute Gasteiger partial charge is 0.0940 e. The van der Waals surface area contributed by atoms with Gasteiger partial charge in [-0.05, 0) is 17.9 Å². The summed E-state index contributed by atoms with van der Waals surface area (Å²) in [6, 6.07) is 4.48. The molecular weight excluding hydrogens is 226 g/mol. The molecule has 0 amide bonds. The third kappa shape index (κ3) is 3.10. The lowest BCUT2D eigenvalue weighted by Gasteiger charge is -2.12. The monoisotopic (exact) mass is 239 g/mol. The summed E-state index contributed by atoms with van der Waals surface area (Å²) in [4.78, 5) is 5.62. The predicted molar refractivity (Wildman–Crippen MR) is 65.0 cm³/mol. The van der Waals surface area contributed by atoms with Crippen molar-refractivity contribution in [1.82, 2.24) is 10.4 Å². The molecule has 2 heterocycles. The molecule has 0 saturated carbocycles. The van der Waals surface area contributed by atoms with Gasteiger partial charge < -0.3 is 0 Å². The van der Waals surface area contributed by atoms with Gasteiger partial charge in [0.1, 0.15) is 0 Å². The molecule has 0 aliphatic carbocycles. The molecule has 3 nitrogen and oxygen atoms in total. The van der Waals surface area contributed by atoms with Crippen LogP contribution in [0.4, 0.5) is 0 Å². The Hall–Kier alpha value is -0.750. The highest BCUT2D eigenvalue weighted by molar-refractivity contribution is 7.10. The summed E-state index contributed by atoms with van der Waals surface area (Å²) < 4.78 is 0.